The summed E-state index contributed by atoms with van der Waals surface area (Å²) in [5.74, 6) is 0.680. The van der Waals surface area contributed by atoms with Gasteiger partial charge in [0.25, 0.3) is 0 Å². The van der Waals surface area contributed by atoms with Crippen molar-refractivity contribution in [2.75, 3.05) is 6.54 Å². The van der Waals surface area contributed by atoms with Crippen molar-refractivity contribution in [2.45, 2.75) is 26.8 Å². The van der Waals surface area contributed by atoms with Crippen LogP contribution in [0.3, 0.4) is 0 Å². The quantitative estimate of drug-likeness (QED) is 0.868. The number of nitrogens with zero attached hydrogens (tertiary/aromatic N) is 1. The highest BCUT2D eigenvalue weighted by atomic mass is 79.9. The smallest absolute Gasteiger partial charge is 0.0930 e. The molecule has 1 aromatic heterocycles. The Morgan fingerprint density at radius 2 is 2.40 bits per heavy atom. The maximum Gasteiger partial charge on any atom is 0.0930 e. The fraction of sp³-hybridized carbons (Fsp3) is 0.545. The SMILES string of the molecule is C=C(Br)CNCc1cnc(CC(C)C)s1. The van der Waals surface area contributed by atoms with E-state index in [1.54, 1.807) is 11.3 Å². The lowest BCUT2D eigenvalue weighted by Crippen LogP contribution is -2.13. The summed E-state index contributed by atoms with van der Waals surface area (Å²) in [7, 11) is 0. The molecule has 0 aliphatic carbocycles. The first-order valence-electron chi connectivity index (χ1n) is 5.05. The highest BCUT2D eigenvalue weighted by Gasteiger charge is 2.03. The molecule has 0 saturated carbocycles. The Bertz CT molecular complexity index is 320. The number of hydrogen-bond donors (Lipinski definition) is 1. The van der Waals surface area contributed by atoms with Crippen LogP contribution < -0.4 is 5.32 Å². The van der Waals surface area contributed by atoms with Crippen LogP contribution >= 0.6 is 27.3 Å². The van der Waals surface area contributed by atoms with E-state index in [2.05, 4.69) is 46.7 Å². The summed E-state index contributed by atoms with van der Waals surface area (Å²) in [6.07, 6.45) is 3.04. The Hall–Kier alpha value is -0.190. The van der Waals surface area contributed by atoms with Gasteiger partial charge < -0.3 is 5.32 Å². The van der Waals surface area contributed by atoms with Gasteiger partial charge >= 0.3 is 0 Å². The summed E-state index contributed by atoms with van der Waals surface area (Å²) in [4.78, 5) is 5.69. The van der Waals surface area contributed by atoms with Crippen molar-refractivity contribution in [1.29, 1.82) is 0 Å². The molecule has 4 heteroatoms. The van der Waals surface area contributed by atoms with Crippen molar-refractivity contribution in [3.63, 3.8) is 0 Å². The molecule has 1 heterocycles. The van der Waals surface area contributed by atoms with E-state index in [4.69, 9.17) is 0 Å². The van der Waals surface area contributed by atoms with Crippen LogP contribution in [0, 0.1) is 5.92 Å². The maximum atomic E-state index is 4.40. The molecule has 0 unspecified atom stereocenters. The third kappa shape index (κ3) is 5.44. The second-order valence-electron chi connectivity index (χ2n) is 3.94. The van der Waals surface area contributed by atoms with Gasteiger partial charge in [-0.25, -0.2) is 4.98 Å². The molecule has 84 valence electrons. The number of rotatable bonds is 6. The van der Waals surface area contributed by atoms with Gasteiger partial charge in [0.1, 0.15) is 0 Å². The van der Waals surface area contributed by atoms with Gasteiger partial charge in [0.05, 0.1) is 5.01 Å². The van der Waals surface area contributed by atoms with Gasteiger partial charge in [-0.15, -0.1) is 11.3 Å². The zero-order chi connectivity index (χ0) is 11.3. The van der Waals surface area contributed by atoms with Crippen molar-refractivity contribution >= 4 is 27.3 Å². The van der Waals surface area contributed by atoms with E-state index in [0.29, 0.717) is 5.92 Å². The number of aromatic nitrogens is 1. The summed E-state index contributed by atoms with van der Waals surface area (Å²) in [5.41, 5.74) is 0. The van der Waals surface area contributed by atoms with Crippen LogP contribution in [0.4, 0.5) is 0 Å². The van der Waals surface area contributed by atoms with E-state index >= 15 is 0 Å². The molecule has 0 bridgehead atoms. The molecule has 0 aliphatic rings. The molecule has 0 aromatic carbocycles. The number of halogens is 1. The average molecular weight is 289 g/mol. The van der Waals surface area contributed by atoms with Crippen molar-refractivity contribution in [3.05, 3.63) is 27.1 Å². The number of hydrogen-bond acceptors (Lipinski definition) is 3. The van der Waals surface area contributed by atoms with E-state index in [9.17, 15) is 0 Å². The second-order valence-corrected chi connectivity index (χ2v) is 6.26. The predicted octanol–water partition coefficient (Wildman–Crippen LogP) is 3.34. The van der Waals surface area contributed by atoms with E-state index in [1.807, 2.05) is 6.20 Å². The van der Waals surface area contributed by atoms with Crippen LogP contribution in [0.5, 0.6) is 0 Å². The molecule has 0 saturated heterocycles. The van der Waals surface area contributed by atoms with Gasteiger partial charge in [-0.05, 0) is 5.92 Å². The zero-order valence-electron chi connectivity index (χ0n) is 9.22. The van der Waals surface area contributed by atoms with Gasteiger partial charge in [0.15, 0.2) is 0 Å². The number of nitrogens with one attached hydrogen (secondary N) is 1. The highest BCUT2D eigenvalue weighted by molar-refractivity contribution is 9.11. The lowest BCUT2D eigenvalue weighted by molar-refractivity contribution is 0.644. The van der Waals surface area contributed by atoms with Gasteiger partial charge in [-0.3, -0.25) is 0 Å². The molecule has 1 N–H and O–H groups in total. The Morgan fingerprint density at radius 1 is 1.67 bits per heavy atom. The highest BCUT2D eigenvalue weighted by Crippen LogP contribution is 2.16. The molecule has 2 nitrogen and oxygen atoms in total. The Morgan fingerprint density at radius 3 is 3.00 bits per heavy atom. The van der Waals surface area contributed by atoms with Crippen molar-refractivity contribution in [2.24, 2.45) is 5.92 Å². The summed E-state index contributed by atoms with van der Waals surface area (Å²) in [5, 5.41) is 4.53. The second kappa shape index (κ2) is 6.40. The average Bonchev–Trinajstić information content (AvgIpc) is 2.50. The van der Waals surface area contributed by atoms with Gasteiger partial charge in [-0.1, -0.05) is 36.4 Å². The van der Waals surface area contributed by atoms with E-state index < -0.39 is 0 Å². The first kappa shape index (κ1) is 12.9. The third-order valence-corrected chi connectivity index (χ3v) is 3.10. The molecule has 0 radical (unpaired) electrons. The lowest BCUT2D eigenvalue weighted by atomic mass is 10.1. The fourth-order valence-electron chi connectivity index (χ4n) is 1.19. The minimum Gasteiger partial charge on any atom is -0.307 e. The molecule has 15 heavy (non-hydrogen) atoms. The molecule has 0 spiro atoms. The molecule has 1 aromatic rings. The van der Waals surface area contributed by atoms with Crippen LogP contribution in [0.25, 0.3) is 0 Å². The minimum absolute atomic E-state index is 0.680. The van der Waals surface area contributed by atoms with Crippen LogP contribution in [-0.2, 0) is 13.0 Å². The fourth-order valence-corrected chi connectivity index (χ4v) is 2.50. The van der Waals surface area contributed by atoms with Crippen LogP contribution in [0.1, 0.15) is 23.7 Å². The molecular formula is C11H17BrN2S. The molecule has 0 fully saturated rings. The summed E-state index contributed by atoms with van der Waals surface area (Å²) >= 11 is 5.11. The van der Waals surface area contributed by atoms with Crippen molar-refractivity contribution in [3.8, 4) is 0 Å². The van der Waals surface area contributed by atoms with Gasteiger partial charge in [-0.2, -0.15) is 0 Å². The standard InChI is InChI=1S/C11H17BrN2S/c1-8(2)4-11-14-7-10(15-11)6-13-5-9(3)12/h7-8,13H,3-6H2,1-2H3. The normalized spacial score (nSPS) is 10.9. The monoisotopic (exact) mass is 288 g/mol. The molecule has 0 amide bonds. The summed E-state index contributed by atoms with van der Waals surface area (Å²) in [6, 6.07) is 0. The maximum absolute atomic E-state index is 4.40. The van der Waals surface area contributed by atoms with E-state index in [1.165, 1.54) is 9.88 Å². The summed E-state index contributed by atoms with van der Waals surface area (Å²) < 4.78 is 0.981. The zero-order valence-corrected chi connectivity index (χ0v) is 11.6. The van der Waals surface area contributed by atoms with Gasteiger partial charge in [0, 0.05) is 35.1 Å². The topological polar surface area (TPSA) is 24.9 Å². The largest absolute Gasteiger partial charge is 0.307 e. The van der Waals surface area contributed by atoms with Crippen LogP contribution in [0.2, 0.25) is 0 Å². The molecular weight excluding hydrogens is 272 g/mol. The predicted molar refractivity (Wildman–Crippen MR) is 70.4 cm³/mol. The first-order chi connectivity index (χ1) is 7.08. The van der Waals surface area contributed by atoms with Crippen molar-refractivity contribution in [1.82, 2.24) is 10.3 Å². The first-order valence-corrected chi connectivity index (χ1v) is 6.66. The molecule has 0 aliphatic heterocycles. The van der Waals surface area contributed by atoms with Crippen LogP contribution in [-0.4, -0.2) is 11.5 Å². The van der Waals surface area contributed by atoms with Gasteiger partial charge in [0.2, 0.25) is 0 Å². The van der Waals surface area contributed by atoms with Crippen molar-refractivity contribution < 1.29 is 0 Å². The minimum atomic E-state index is 0.680. The third-order valence-electron chi connectivity index (χ3n) is 1.80. The summed E-state index contributed by atoms with van der Waals surface area (Å²) in [6.45, 7) is 9.88. The molecule has 0 atom stereocenters. The van der Waals surface area contributed by atoms with E-state index in [-0.39, 0.29) is 0 Å². The van der Waals surface area contributed by atoms with E-state index in [0.717, 1.165) is 24.0 Å². The Kier molecular flexibility index (Phi) is 5.50. The Labute approximate surface area is 104 Å². The molecule has 1 rings (SSSR count). The number of thiazole rings is 1. The lowest BCUT2D eigenvalue weighted by Gasteiger charge is -2.00. The Balaban J connectivity index is 2.36. The van der Waals surface area contributed by atoms with Crippen LogP contribution in [0.15, 0.2) is 17.3 Å².